The van der Waals surface area contributed by atoms with Gasteiger partial charge in [-0.05, 0) is 30.3 Å². The van der Waals surface area contributed by atoms with Gasteiger partial charge in [-0.25, -0.2) is 4.98 Å². The summed E-state index contributed by atoms with van der Waals surface area (Å²) in [6, 6.07) is 8.88. The van der Waals surface area contributed by atoms with E-state index < -0.39 is 11.7 Å². The molecule has 0 radical (unpaired) electrons. The summed E-state index contributed by atoms with van der Waals surface area (Å²) < 4.78 is 40.6. The monoisotopic (exact) mass is 388 g/mol. The van der Waals surface area contributed by atoms with Crippen molar-refractivity contribution in [1.82, 2.24) is 9.55 Å². The van der Waals surface area contributed by atoms with Gasteiger partial charge in [-0.15, -0.1) is 11.8 Å². The molecule has 1 unspecified atom stereocenters. The van der Waals surface area contributed by atoms with E-state index in [4.69, 9.17) is 23.2 Å². The summed E-state index contributed by atoms with van der Waals surface area (Å²) in [5.41, 5.74) is 1.02. The Bertz CT molecular complexity index is 932. The lowest BCUT2D eigenvalue weighted by atomic mass is 10.2. The average Bonchev–Trinajstić information content (AvgIpc) is 3.05. The first kappa shape index (κ1) is 16.1. The number of benzene rings is 2. The van der Waals surface area contributed by atoms with Crippen molar-refractivity contribution in [2.45, 2.75) is 17.3 Å². The lowest BCUT2D eigenvalue weighted by molar-refractivity contribution is -0.137. The van der Waals surface area contributed by atoms with Crippen LogP contribution in [0.5, 0.6) is 0 Å². The van der Waals surface area contributed by atoms with Crippen LogP contribution in [0.1, 0.15) is 22.3 Å². The van der Waals surface area contributed by atoms with Crippen molar-refractivity contribution in [3.05, 3.63) is 63.4 Å². The smallest absolute Gasteiger partial charge is 0.310 e. The van der Waals surface area contributed by atoms with Crippen LogP contribution >= 0.6 is 35.0 Å². The van der Waals surface area contributed by atoms with E-state index in [1.807, 2.05) is 4.57 Å². The highest BCUT2D eigenvalue weighted by atomic mass is 35.5. The molecule has 3 aromatic rings. The minimum atomic E-state index is -4.39. The maximum Gasteiger partial charge on any atom is 0.416 e. The molecule has 2 aromatic carbocycles. The Labute approximate surface area is 149 Å². The SMILES string of the molecule is FC(F)(F)c1ccc2c(c1)nc1n2C(c2c(Cl)cccc2Cl)SC1. The van der Waals surface area contributed by atoms with Crippen molar-refractivity contribution in [1.29, 1.82) is 0 Å². The second kappa shape index (κ2) is 5.58. The first-order valence-corrected chi connectivity index (χ1v) is 8.80. The molecule has 0 amide bonds. The van der Waals surface area contributed by atoms with Crippen molar-refractivity contribution in [3.63, 3.8) is 0 Å². The van der Waals surface area contributed by atoms with Gasteiger partial charge in [0, 0.05) is 15.6 Å². The summed E-state index contributed by atoms with van der Waals surface area (Å²) >= 11 is 14.2. The number of nitrogens with zero attached hydrogens (tertiary/aromatic N) is 2. The van der Waals surface area contributed by atoms with Crippen LogP contribution in [0.3, 0.4) is 0 Å². The quantitative estimate of drug-likeness (QED) is 0.496. The Hall–Kier alpha value is -1.37. The van der Waals surface area contributed by atoms with Gasteiger partial charge in [-0.1, -0.05) is 29.3 Å². The normalized spacial score (nSPS) is 17.5. The minimum Gasteiger partial charge on any atom is -0.310 e. The van der Waals surface area contributed by atoms with Gasteiger partial charge in [0.25, 0.3) is 0 Å². The van der Waals surface area contributed by atoms with Crippen LogP contribution in [0, 0.1) is 0 Å². The molecule has 2 nitrogen and oxygen atoms in total. The molecule has 0 saturated heterocycles. The molecule has 1 aliphatic heterocycles. The first-order chi connectivity index (χ1) is 11.4. The van der Waals surface area contributed by atoms with Crippen LogP contribution < -0.4 is 0 Å². The zero-order chi connectivity index (χ0) is 17.1. The number of alkyl halides is 3. The van der Waals surface area contributed by atoms with Crippen LogP contribution in [0.25, 0.3) is 11.0 Å². The van der Waals surface area contributed by atoms with Crippen molar-refractivity contribution >= 4 is 46.0 Å². The third-order valence-corrected chi connectivity index (χ3v) is 5.79. The van der Waals surface area contributed by atoms with E-state index in [1.165, 1.54) is 6.07 Å². The number of aromatic nitrogens is 2. The van der Waals surface area contributed by atoms with Gasteiger partial charge < -0.3 is 4.57 Å². The molecule has 0 bridgehead atoms. The Morgan fingerprint density at radius 2 is 1.83 bits per heavy atom. The van der Waals surface area contributed by atoms with Gasteiger partial charge >= 0.3 is 6.18 Å². The van der Waals surface area contributed by atoms with Crippen LogP contribution in [0.4, 0.5) is 13.2 Å². The van der Waals surface area contributed by atoms with Gasteiger partial charge in [-0.2, -0.15) is 13.2 Å². The summed E-state index contributed by atoms with van der Waals surface area (Å²) in [6.45, 7) is 0. The number of hydrogen-bond donors (Lipinski definition) is 0. The summed E-state index contributed by atoms with van der Waals surface area (Å²) in [7, 11) is 0. The number of rotatable bonds is 1. The first-order valence-electron chi connectivity index (χ1n) is 7.00. The molecular formula is C16H9Cl2F3N2S. The van der Waals surface area contributed by atoms with E-state index in [0.29, 0.717) is 26.8 Å². The fourth-order valence-electron chi connectivity index (χ4n) is 2.88. The fraction of sp³-hybridized carbons (Fsp3) is 0.188. The number of hydrogen-bond acceptors (Lipinski definition) is 2. The molecule has 8 heteroatoms. The molecule has 4 rings (SSSR count). The molecule has 1 atom stereocenters. The molecule has 124 valence electrons. The van der Waals surface area contributed by atoms with Crippen molar-refractivity contribution < 1.29 is 13.2 Å². The highest BCUT2D eigenvalue weighted by Gasteiger charge is 2.34. The average molecular weight is 389 g/mol. The van der Waals surface area contributed by atoms with Gasteiger partial charge in [0.15, 0.2) is 0 Å². The largest absolute Gasteiger partial charge is 0.416 e. The van der Waals surface area contributed by atoms with Crippen LogP contribution in [0.15, 0.2) is 36.4 Å². The van der Waals surface area contributed by atoms with E-state index in [-0.39, 0.29) is 5.37 Å². The summed E-state index contributed by atoms with van der Waals surface area (Å²) in [4.78, 5) is 4.36. The van der Waals surface area contributed by atoms with Gasteiger partial charge in [0.05, 0.1) is 22.3 Å². The van der Waals surface area contributed by atoms with E-state index in [2.05, 4.69) is 4.98 Å². The summed E-state index contributed by atoms with van der Waals surface area (Å²) in [5.74, 6) is 1.30. The predicted molar refractivity (Wildman–Crippen MR) is 90.6 cm³/mol. The van der Waals surface area contributed by atoms with Gasteiger partial charge in [-0.3, -0.25) is 0 Å². The maximum atomic E-state index is 12.9. The molecule has 2 heterocycles. The van der Waals surface area contributed by atoms with E-state index in [0.717, 1.165) is 23.5 Å². The summed E-state index contributed by atoms with van der Waals surface area (Å²) in [6.07, 6.45) is -4.39. The number of halogens is 5. The standard InChI is InChI=1S/C16H9Cl2F3N2S/c17-9-2-1-3-10(18)14(9)15-23-12-5-4-8(16(19,20)21)6-11(12)22-13(23)7-24-15/h1-6,15H,7H2. The third kappa shape index (κ3) is 2.48. The Kier molecular flexibility index (Phi) is 3.74. The van der Waals surface area contributed by atoms with Crippen LogP contribution in [0.2, 0.25) is 10.0 Å². The third-order valence-electron chi connectivity index (χ3n) is 3.94. The Morgan fingerprint density at radius 3 is 2.50 bits per heavy atom. The van der Waals surface area contributed by atoms with Crippen molar-refractivity contribution in [2.75, 3.05) is 0 Å². The lowest BCUT2D eigenvalue weighted by Crippen LogP contribution is -2.06. The van der Waals surface area contributed by atoms with Crippen molar-refractivity contribution in [2.24, 2.45) is 0 Å². The number of imidazole rings is 1. The van der Waals surface area contributed by atoms with Crippen LogP contribution in [-0.2, 0) is 11.9 Å². The lowest BCUT2D eigenvalue weighted by Gasteiger charge is -2.17. The molecule has 24 heavy (non-hydrogen) atoms. The van der Waals surface area contributed by atoms with Gasteiger partial charge in [0.1, 0.15) is 11.2 Å². The fourth-order valence-corrected chi connectivity index (χ4v) is 4.92. The highest BCUT2D eigenvalue weighted by Crippen LogP contribution is 2.47. The van der Waals surface area contributed by atoms with Gasteiger partial charge in [0.2, 0.25) is 0 Å². The molecule has 1 aromatic heterocycles. The minimum absolute atomic E-state index is 0.206. The zero-order valence-corrected chi connectivity index (χ0v) is 14.3. The zero-order valence-electron chi connectivity index (χ0n) is 11.9. The van der Waals surface area contributed by atoms with E-state index in [1.54, 1.807) is 30.0 Å². The molecule has 1 aliphatic rings. The van der Waals surface area contributed by atoms with Crippen molar-refractivity contribution in [3.8, 4) is 0 Å². The molecule has 0 fully saturated rings. The maximum absolute atomic E-state index is 12.9. The second-order valence-electron chi connectivity index (χ2n) is 5.40. The molecule has 0 N–H and O–H groups in total. The van der Waals surface area contributed by atoms with Crippen LogP contribution in [-0.4, -0.2) is 9.55 Å². The number of thioether (sulfide) groups is 1. The summed E-state index contributed by atoms with van der Waals surface area (Å²) in [5, 5.41) is 0.853. The number of fused-ring (bicyclic) bond motifs is 3. The molecule has 0 spiro atoms. The Morgan fingerprint density at radius 1 is 1.12 bits per heavy atom. The Balaban J connectivity index is 1.89. The molecule has 0 saturated carbocycles. The predicted octanol–water partition coefficient (Wildman–Crippen LogP) is 6.16. The molecule has 0 aliphatic carbocycles. The molecular weight excluding hydrogens is 380 g/mol. The van der Waals surface area contributed by atoms with E-state index in [9.17, 15) is 13.2 Å². The van der Waals surface area contributed by atoms with E-state index >= 15 is 0 Å². The highest BCUT2D eigenvalue weighted by molar-refractivity contribution is 7.99. The topological polar surface area (TPSA) is 17.8 Å². The second-order valence-corrected chi connectivity index (χ2v) is 7.28.